The molecule has 2 aliphatic heterocycles. The molecule has 3 atom stereocenters. The summed E-state index contributed by atoms with van der Waals surface area (Å²) in [5.74, 6) is 0.877. The Bertz CT molecular complexity index is 478. The van der Waals surface area contributed by atoms with Gasteiger partial charge >= 0.3 is 0 Å². The van der Waals surface area contributed by atoms with E-state index in [1.807, 2.05) is 12.1 Å². The van der Waals surface area contributed by atoms with Crippen molar-refractivity contribution < 1.29 is 9.47 Å². The fraction of sp³-hybridized carbons (Fsp3) is 0.625. The van der Waals surface area contributed by atoms with Gasteiger partial charge in [0, 0.05) is 12.6 Å². The van der Waals surface area contributed by atoms with Gasteiger partial charge in [-0.3, -0.25) is 4.90 Å². The van der Waals surface area contributed by atoms with Gasteiger partial charge in [-0.25, -0.2) is 0 Å². The van der Waals surface area contributed by atoms with Crippen LogP contribution in [0.3, 0.4) is 0 Å². The number of benzene rings is 1. The number of fused-ring (bicyclic) bond motifs is 1. The number of hydrogen-bond donors (Lipinski definition) is 1. The molecule has 2 fully saturated rings. The quantitative estimate of drug-likeness (QED) is 0.915. The highest BCUT2D eigenvalue weighted by molar-refractivity contribution is 5.37. The zero-order valence-electron chi connectivity index (χ0n) is 12.3. The standard InChI is InChI=1S/C16H24N2O2/c1-11-8-13(19-2)5-6-14(11)16(17)15-9-18-7-3-4-12(18)10-20-15/h5-6,8,12,15-16H,3-4,7,9-10,17H2,1-2H3. The Labute approximate surface area is 120 Å². The lowest BCUT2D eigenvalue weighted by Gasteiger charge is -2.38. The highest BCUT2D eigenvalue weighted by atomic mass is 16.5. The Kier molecular flexibility index (Phi) is 3.96. The maximum Gasteiger partial charge on any atom is 0.119 e. The smallest absolute Gasteiger partial charge is 0.119 e. The minimum Gasteiger partial charge on any atom is -0.497 e. The van der Waals surface area contributed by atoms with Crippen LogP contribution in [-0.2, 0) is 4.74 Å². The highest BCUT2D eigenvalue weighted by Crippen LogP contribution is 2.29. The van der Waals surface area contributed by atoms with E-state index in [9.17, 15) is 0 Å². The van der Waals surface area contributed by atoms with Gasteiger partial charge in [0.05, 0.1) is 25.9 Å². The molecule has 20 heavy (non-hydrogen) atoms. The van der Waals surface area contributed by atoms with Crippen LogP contribution in [0.4, 0.5) is 0 Å². The third-order valence-corrected chi connectivity index (χ3v) is 4.65. The van der Waals surface area contributed by atoms with Gasteiger partial charge in [-0.15, -0.1) is 0 Å². The third-order valence-electron chi connectivity index (χ3n) is 4.65. The number of morpholine rings is 1. The van der Waals surface area contributed by atoms with Gasteiger partial charge in [0.2, 0.25) is 0 Å². The number of aryl methyl sites for hydroxylation is 1. The first-order valence-electron chi connectivity index (χ1n) is 7.45. The van der Waals surface area contributed by atoms with Crippen LogP contribution >= 0.6 is 0 Å². The van der Waals surface area contributed by atoms with E-state index in [2.05, 4.69) is 17.9 Å². The molecule has 0 aliphatic carbocycles. The molecule has 2 saturated heterocycles. The molecule has 0 spiro atoms. The van der Waals surface area contributed by atoms with Crippen LogP contribution in [0, 0.1) is 6.92 Å². The largest absolute Gasteiger partial charge is 0.497 e. The van der Waals surface area contributed by atoms with Crippen molar-refractivity contribution in [2.24, 2.45) is 5.73 Å². The van der Waals surface area contributed by atoms with Crippen LogP contribution < -0.4 is 10.5 Å². The number of nitrogens with zero attached hydrogens (tertiary/aromatic N) is 1. The average Bonchev–Trinajstić information content (AvgIpc) is 2.93. The first-order chi connectivity index (χ1) is 9.69. The summed E-state index contributed by atoms with van der Waals surface area (Å²) < 4.78 is 11.3. The van der Waals surface area contributed by atoms with Gasteiger partial charge in [0.1, 0.15) is 5.75 Å². The van der Waals surface area contributed by atoms with Crippen molar-refractivity contribution in [3.05, 3.63) is 29.3 Å². The van der Waals surface area contributed by atoms with E-state index >= 15 is 0 Å². The Balaban J connectivity index is 1.73. The summed E-state index contributed by atoms with van der Waals surface area (Å²) in [6, 6.07) is 6.64. The lowest BCUT2D eigenvalue weighted by molar-refractivity contribution is -0.0597. The Morgan fingerprint density at radius 3 is 3.05 bits per heavy atom. The van der Waals surface area contributed by atoms with E-state index in [-0.39, 0.29) is 12.1 Å². The average molecular weight is 276 g/mol. The van der Waals surface area contributed by atoms with Crippen molar-refractivity contribution in [1.82, 2.24) is 4.90 Å². The molecule has 2 aliphatic rings. The fourth-order valence-electron chi connectivity index (χ4n) is 3.41. The second-order valence-electron chi connectivity index (χ2n) is 5.91. The van der Waals surface area contributed by atoms with Crippen molar-refractivity contribution in [1.29, 1.82) is 0 Å². The van der Waals surface area contributed by atoms with Crippen LogP contribution in [0.2, 0.25) is 0 Å². The minimum absolute atomic E-state index is 0.0672. The SMILES string of the molecule is COc1ccc(C(N)C2CN3CCCC3CO2)c(C)c1. The monoisotopic (exact) mass is 276 g/mol. The van der Waals surface area contributed by atoms with E-state index in [1.54, 1.807) is 7.11 Å². The third kappa shape index (κ3) is 2.55. The van der Waals surface area contributed by atoms with Crippen molar-refractivity contribution in [2.45, 2.75) is 38.0 Å². The molecule has 1 aromatic rings. The summed E-state index contributed by atoms with van der Waals surface area (Å²) in [7, 11) is 1.69. The molecule has 0 bridgehead atoms. The molecule has 4 heteroatoms. The molecule has 3 rings (SSSR count). The molecule has 110 valence electrons. The summed E-state index contributed by atoms with van der Waals surface area (Å²) in [5.41, 5.74) is 8.78. The second kappa shape index (κ2) is 5.72. The Hall–Kier alpha value is -1.10. The van der Waals surface area contributed by atoms with Gasteiger partial charge in [0.15, 0.2) is 0 Å². The molecule has 0 saturated carbocycles. The zero-order valence-corrected chi connectivity index (χ0v) is 12.3. The second-order valence-corrected chi connectivity index (χ2v) is 5.91. The lowest BCUT2D eigenvalue weighted by atomic mass is 9.96. The number of rotatable bonds is 3. The molecular weight excluding hydrogens is 252 g/mol. The predicted octanol–water partition coefficient (Wildman–Crippen LogP) is 1.87. The van der Waals surface area contributed by atoms with Crippen LogP contribution in [-0.4, -0.2) is 43.9 Å². The number of hydrogen-bond acceptors (Lipinski definition) is 4. The fourth-order valence-corrected chi connectivity index (χ4v) is 3.41. The first kappa shape index (κ1) is 13.9. The van der Waals surface area contributed by atoms with E-state index in [0.29, 0.717) is 6.04 Å². The van der Waals surface area contributed by atoms with E-state index in [0.717, 1.165) is 24.5 Å². The first-order valence-corrected chi connectivity index (χ1v) is 7.45. The molecule has 0 radical (unpaired) electrons. The predicted molar refractivity (Wildman–Crippen MR) is 79.0 cm³/mol. The van der Waals surface area contributed by atoms with Gasteiger partial charge in [0.25, 0.3) is 0 Å². The summed E-state index contributed by atoms with van der Waals surface area (Å²) in [6.45, 7) is 5.06. The molecule has 0 amide bonds. The van der Waals surface area contributed by atoms with E-state index in [1.165, 1.54) is 24.9 Å². The lowest BCUT2D eigenvalue weighted by Crippen LogP contribution is -2.49. The molecule has 2 N–H and O–H groups in total. The van der Waals surface area contributed by atoms with Crippen molar-refractivity contribution in [3.8, 4) is 5.75 Å². The zero-order chi connectivity index (χ0) is 14.1. The van der Waals surface area contributed by atoms with Gasteiger partial charge in [-0.05, 0) is 49.6 Å². The maximum atomic E-state index is 6.45. The number of ether oxygens (including phenoxy) is 2. The Morgan fingerprint density at radius 2 is 2.30 bits per heavy atom. The molecule has 0 aromatic heterocycles. The molecular formula is C16H24N2O2. The van der Waals surface area contributed by atoms with Crippen molar-refractivity contribution >= 4 is 0 Å². The summed E-state index contributed by atoms with van der Waals surface area (Å²) >= 11 is 0. The van der Waals surface area contributed by atoms with E-state index < -0.39 is 0 Å². The van der Waals surface area contributed by atoms with Crippen LogP contribution in [0.25, 0.3) is 0 Å². The molecule has 4 nitrogen and oxygen atoms in total. The topological polar surface area (TPSA) is 47.7 Å². The Morgan fingerprint density at radius 1 is 1.45 bits per heavy atom. The normalized spacial score (nSPS) is 28.1. The van der Waals surface area contributed by atoms with Crippen molar-refractivity contribution in [2.75, 3.05) is 26.8 Å². The number of methoxy groups -OCH3 is 1. The minimum atomic E-state index is -0.0672. The number of nitrogens with two attached hydrogens (primary N) is 1. The van der Waals surface area contributed by atoms with Gasteiger partial charge < -0.3 is 15.2 Å². The van der Waals surface area contributed by atoms with Gasteiger partial charge in [-0.1, -0.05) is 6.07 Å². The summed E-state index contributed by atoms with van der Waals surface area (Å²) in [5, 5.41) is 0. The van der Waals surface area contributed by atoms with Crippen molar-refractivity contribution in [3.63, 3.8) is 0 Å². The van der Waals surface area contributed by atoms with Crippen LogP contribution in [0.1, 0.15) is 30.0 Å². The summed E-state index contributed by atoms with van der Waals surface area (Å²) in [6.07, 6.45) is 2.65. The van der Waals surface area contributed by atoms with Gasteiger partial charge in [-0.2, -0.15) is 0 Å². The van der Waals surface area contributed by atoms with E-state index in [4.69, 9.17) is 15.2 Å². The highest BCUT2D eigenvalue weighted by Gasteiger charge is 2.35. The van der Waals surface area contributed by atoms with Crippen LogP contribution in [0.15, 0.2) is 18.2 Å². The van der Waals surface area contributed by atoms with Crippen LogP contribution in [0.5, 0.6) is 5.75 Å². The molecule has 1 aromatic carbocycles. The molecule has 2 heterocycles. The molecule has 3 unspecified atom stereocenters. The summed E-state index contributed by atoms with van der Waals surface area (Å²) in [4.78, 5) is 2.53. The maximum absolute atomic E-state index is 6.45.